The lowest BCUT2D eigenvalue weighted by atomic mass is 10.1. The topological polar surface area (TPSA) is 38.3 Å². The number of nitrogens with one attached hydrogen (secondary N) is 1. The normalized spacial score (nSPS) is 10.6. The number of amides is 1. The summed E-state index contributed by atoms with van der Waals surface area (Å²) >= 11 is 3.44. The summed E-state index contributed by atoms with van der Waals surface area (Å²) in [6.45, 7) is 6.47. The van der Waals surface area contributed by atoms with Crippen LogP contribution in [-0.2, 0) is 6.54 Å². The molecule has 4 heteroatoms. The average molecular weight is 362 g/mol. The highest BCUT2D eigenvalue weighted by atomic mass is 79.9. The molecule has 0 radical (unpaired) electrons. The number of rotatable bonds is 5. The van der Waals surface area contributed by atoms with E-state index in [2.05, 4.69) is 21.2 Å². The number of benzene rings is 2. The van der Waals surface area contributed by atoms with Gasteiger partial charge in [-0.15, -0.1) is 0 Å². The molecule has 0 atom stereocenters. The number of aryl methyl sites for hydroxylation is 1. The van der Waals surface area contributed by atoms with Gasteiger partial charge in [0.15, 0.2) is 0 Å². The van der Waals surface area contributed by atoms with Crippen molar-refractivity contribution in [3.63, 3.8) is 0 Å². The quantitative estimate of drug-likeness (QED) is 0.852. The molecule has 0 fully saturated rings. The second-order valence-corrected chi connectivity index (χ2v) is 6.31. The van der Waals surface area contributed by atoms with Gasteiger partial charge in [-0.1, -0.05) is 34.1 Å². The van der Waals surface area contributed by atoms with Crippen LogP contribution in [0.3, 0.4) is 0 Å². The molecule has 22 heavy (non-hydrogen) atoms. The number of hydrogen-bond donors (Lipinski definition) is 1. The fraction of sp³-hybridized carbons (Fsp3) is 0.278. The summed E-state index contributed by atoms with van der Waals surface area (Å²) in [4.78, 5) is 12.1. The van der Waals surface area contributed by atoms with E-state index in [1.54, 1.807) is 0 Å². The smallest absolute Gasteiger partial charge is 0.251 e. The minimum absolute atomic E-state index is 0.0804. The Morgan fingerprint density at radius 2 is 1.86 bits per heavy atom. The number of hydrogen-bond acceptors (Lipinski definition) is 2. The molecule has 3 nitrogen and oxygen atoms in total. The van der Waals surface area contributed by atoms with Crippen molar-refractivity contribution in [2.75, 3.05) is 0 Å². The lowest BCUT2D eigenvalue weighted by Gasteiger charge is -2.10. The van der Waals surface area contributed by atoms with Crippen molar-refractivity contribution < 1.29 is 9.53 Å². The van der Waals surface area contributed by atoms with Gasteiger partial charge in [-0.25, -0.2) is 0 Å². The van der Waals surface area contributed by atoms with E-state index in [-0.39, 0.29) is 12.0 Å². The fourth-order valence-electron chi connectivity index (χ4n) is 1.98. The van der Waals surface area contributed by atoms with E-state index in [1.807, 2.05) is 63.2 Å². The Bertz CT molecular complexity index is 651. The minimum atomic E-state index is -0.0804. The van der Waals surface area contributed by atoms with Crippen LogP contribution < -0.4 is 10.1 Å². The van der Waals surface area contributed by atoms with Crippen LogP contribution in [0.1, 0.15) is 35.3 Å². The summed E-state index contributed by atoms with van der Waals surface area (Å²) in [5.41, 5.74) is 2.80. The molecule has 1 N–H and O–H groups in total. The number of carbonyl (C=O) groups excluding carboxylic acids is 1. The zero-order valence-corrected chi connectivity index (χ0v) is 14.6. The standard InChI is InChI=1S/C18H20BrNO2/c1-12(2)22-16-8-5-14(6-9-16)11-20-18(21)15-7-4-13(3)17(19)10-15/h4-10,12H,11H2,1-3H3,(H,20,21). The van der Waals surface area contributed by atoms with Gasteiger partial charge in [-0.3, -0.25) is 4.79 Å². The van der Waals surface area contributed by atoms with Gasteiger partial charge in [0, 0.05) is 16.6 Å². The first kappa shape index (κ1) is 16.6. The van der Waals surface area contributed by atoms with Crippen molar-refractivity contribution >= 4 is 21.8 Å². The molecular formula is C18H20BrNO2. The summed E-state index contributed by atoms with van der Waals surface area (Å²) < 4.78 is 6.54. The Morgan fingerprint density at radius 1 is 1.18 bits per heavy atom. The van der Waals surface area contributed by atoms with Gasteiger partial charge in [-0.05, 0) is 56.2 Å². The van der Waals surface area contributed by atoms with Crippen molar-refractivity contribution in [1.29, 1.82) is 0 Å². The lowest BCUT2D eigenvalue weighted by molar-refractivity contribution is 0.0951. The van der Waals surface area contributed by atoms with Crippen LogP contribution >= 0.6 is 15.9 Å². The average Bonchev–Trinajstić information content (AvgIpc) is 2.48. The molecule has 2 rings (SSSR count). The summed E-state index contributed by atoms with van der Waals surface area (Å²) in [5.74, 6) is 0.760. The first-order valence-electron chi connectivity index (χ1n) is 7.25. The van der Waals surface area contributed by atoms with Crippen LogP contribution in [0.4, 0.5) is 0 Å². The molecule has 0 aliphatic heterocycles. The largest absolute Gasteiger partial charge is 0.491 e. The predicted molar refractivity (Wildman–Crippen MR) is 92.3 cm³/mol. The molecule has 0 aromatic heterocycles. The van der Waals surface area contributed by atoms with E-state index in [4.69, 9.17) is 4.74 Å². The van der Waals surface area contributed by atoms with Gasteiger partial charge in [0.2, 0.25) is 0 Å². The molecule has 0 saturated heterocycles. The van der Waals surface area contributed by atoms with Crippen LogP contribution in [0, 0.1) is 6.92 Å². The lowest BCUT2D eigenvalue weighted by Crippen LogP contribution is -2.22. The third-order valence-corrected chi connectivity index (χ3v) is 4.04. The Balaban J connectivity index is 1.94. The van der Waals surface area contributed by atoms with Gasteiger partial charge in [0.25, 0.3) is 5.91 Å². The third kappa shape index (κ3) is 4.60. The van der Waals surface area contributed by atoms with Crippen LogP contribution in [0.25, 0.3) is 0 Å². The highest BCUT2D eigenvalue weighted by Gasteiger charge is 2.07. The molecule has 0 spiro atoms. The molecule has 0 aliphatic carbocycles. The van der Waals surface area contributed by atoms with Gasteiger partial charge in [0.1, 0.15) is 5.75 Å². The number of ether oxygens (including phenoxy) is 1. The zero-order valence-electron chi connectivity index (χ0n) is 13.0. The molecule has 0 unspecified atom stereocenters. The van der Waals surface area contributed by atoms with Crippen molar-refractivity contribution in [2.45, 2.75) is 33.4 Å². The van der Waals surface area contributed by atoms with Gasteiger partial charge >= 0.3 is 0 Å². The van der Waals surface area contributed by atoms with E-state index >= 15 is 0 Å². The van der Waals surface area contributed by atoms with Gasteiger partial charge in [-0.2, -0.15) is 0 Å². The molecule has 0 bridgehead atoms. The SMILES string of the molecule is Cc1ccc(C(=O)NCc2ccc(OC(C)C)cc2)cc1Br. The highest BCUT2D eigenvalue weighted by Crippen LogP contribution is 2.18. The summed E-state index contributed by atoms with van der Waals surface area (Å²) in [6, 6.07) is 13.4. The maximum absolute atomic E-state index is 12.1. The second-order valence-electron chi connectivity index (χ2n) is 5.46. The van der Waals surface area contributed by atoms with Gasteiger partial charge < -0.3 is 10.1 Å². The van der Waals surface area contributed by atoms with E-state index in [0.717, 1.165) is 21.3 Å². The Kier molecular flexibility index (Phi) is 5.61. The summed E-state index contributed by atoms with van der Waals surface area (Å²) in [5, 5.41) is 2.92. The van der Waals surface area contributed by atoms with Crippen LogP contribution in [0.5, 0.6) is 5.75 Å². The maximum Gasteiger partial charge on any atom is 0.251 e. The van der Waals surface area contributed by atoms with E-state index < -0.39 is 0 Å². The van der Waals surface area contributed by atoms with Crippen molar-refractivity contribution in [3.8, 4) is 5.75 Å². The number of carbonyl (C=O) groups is 1. The molecule has 116 valence electrons. The minimum Gasteiger partial charge on any atom is -0.491 e. The fourth-order valence-corrected chi connectivity index (χ4v) is 2.36. The van der Waals surface area contributed by atoms with E-state index in [9.17, 15) is 4.79 Å². The van der Waals surface area contributed by atoms with E-state index in [1.165, 1.54) is 0 Å². The second kappa shape index (κ2) is 7.45. The Morgan fingerprint density at radius 3 is 2.45 bits per heavy atom. The molecule has 0 aliphatic rings. The van der Waals surface area contributed by atoms with E-state index in [0.29, 0.717) is 12.1 Å². The molecule has 1 amide bonds. The first-order valence-corrected chi connectivity index (χ1v) is 8.05. The zero-order chi connectivity index (χ0) is 16.1. The van der Waals surface area contributed by atoms with Crippen LogP contribution in [0.15, 0.2) is 46.9 Å². The molecule has 0 heterocycles. The Labute approximate surface area is 139 Å². The third-order valence-electron chi connectivity index (χ3n) is 3.18. The number of halogens is 1. The van der Waals surface area contributed by atoms with Crippen LogP contribution in [-0.4, -0.2) is 12.0 Å². The molecule has 0 saturated carbocycles. The van der Waals surface area contributed by atoms with Crippen molar-refractivity contribution in [2.24, 2.45) is 0 Å². The highest BCUT2D eigenvalue weighted by molar-refractivity contribution is 9.10. The monoisotopic (exact) mass is 361 g/mol. The van der Waals surface area contributed by atoms with Crippen molar-refractivity contribution in [1.82, 2.24) is 5.32 Å². The Hall–Kier alpha value is -1.81. The summed E-state index contributed by atoms with van der Waals surface area (Å²) in [7, 11) is 0. The summed E-state index contributed by atoms with van der Waals surface area (Å²) in [6.07, 6.45) is 0.158. The van der Waals surface area contributed by atoms with Crippen molar-refractivity contribution in [3.05, 3.63) is 63.6 Å². The van der Waals surface area contributed by atoms with Gasteiger partial charge in [0.05, 0.1) is 6.10 Å². The first-order chi connectivity index (χ1) is 10.5. The van der Waals surface area contributed by atoms with Crippen LogP contribution in [0.2, 0.25) is 0 Å². The molecule has 2 aromatic rings. The maximum atomic E-state index is 12.1. The molecule has 2 aromatic carbocycles. The molecular weight excluding hydrogens is 342 g/mol. The predicted octanol–water partition coefficient (Wildman–Crippen LogP) is 4.47.